The van der Waals surface area contributed by atoms with Gasteiger partial charge in [0, 0.05) is 18.7 Å². The number of nitrogens with one attached hydrogen (secondary N) is 1. The molecule has 1 aromatic carbocycles. The maximum Gasteiger partial charge on any atom is 0.257 e. The summed E-state index contributed by atoms with van der Waals surface area (Å²) in [6.07, 6.45) is 3.82. The Bertz CT molecular complexity index is 597. The molecule has 4 nitrogen and oxygen atoms in total. The summed E-state index contributed by atoms with van der Waals surface area (Å²) in [5, 5.41) is 3.43. The number of nitrogens with zero attached hydrogens (tertiary/aromatic N) is 1. The molecule has 0 spiro atoms. The molecule has 1 aliphatic rings. The van der Waals surface area contributed by atoms with E-state index in [1.165, 1.54) is 5.56 Å². The van der Waals surface area contributed by atoms with Crippen molar-refractivity contribution in [1.29, 1.82) is 0 Å². The summed E-state index contributed by atoms with van der Waals surface area (Å²) in [5.41, 5.74) is 1.20. The number of hydrogen-bond acceptors (Lipinski definition) is 4. The fourth-order valence-electron chi connectivity index (χ4n) is 2.92. The summed E-state index contributed by atoms with van der Waals surface area (Å²) in [4.78, 5) is 4.33. The smallest absolute Gasteiger partial charge is 0.257 e. The zero-order valence-corrected chi connectivity index (χ0v) is 13.6. The third-order valence-electron chi connectivity index (χ3n) is 4.09. The molecule has 122 valence electrons. The van der Waals surface area contributed by atoms with Gasteiger partial charge in [-0.3, -0.25) is 0 Å². The number of aromatic nitrogens is 1. The Balaban J connectivity index is 1.84. The summed E-state index contributed by atoms with van der Waals surface area (Å²) in [5.74, 6) is 1.76. The van der Waals surface area contributed by atoms with Crippen LogP contribution in [-0.2, 0) is 0 Å². The molecular weight excluding hydrogens is 288 g/mol. The number of benzene rings is 1. The Hall–Kier alpha value is -2.07. The van der Waals surface area contributed by atoms with Crippen molar-refractivity contribution in [3.05, 3.63) is 54.2 Å². The van der Waals surface area contributed by atoms with Crippen molar-refractivity contribution in [2.45, 2.75) is 25.9 Å². The minimum atomic E-state index is 0.0133. The van der Waals surface area contributed by atoms with Crippen molar-refractivity contribution in [3.63, 3.8) is 0 Å². The Morgan fingerprint density at radius 2 is 2.09 bits per heavy atom. The molecule has 0 radical (unpaired) electrons. The van der Waals surface area contributed by atoms with Crippen LogP contribution in [0.1, 0.15) is 31.4 Å². The molecular formula is C19H24N2O2. The highest BCUT2D eigenvalue weighted by atomic mass is 16.5. The molecule has 4 heteroatoms. The quantitative estimate of drug-likeness (QED) is 0.848. The van der Waals surface area contributed by atoms with Crippen molar-refractivity contribution in [2.24, 2.45) is 5.92 Å². The van der Waals surface area contributed by atoms with Gasteiger partial charge < -0.3 is 14.8 Å². The summed E-state index contributed by atoms with van der Waals surface area (Å²) < 4.78 is 12.1. The summed E-state index contributed by atoms with van der Waals surface area (Å²) in [6, 6.07) is 14.3. The van der Waals surface area contributed by atoms with Gasteiger partial charge in [0.2, 0.25) is 0 Å². The maximum absolute atomic E-state index is 6.39. The number of ether oxygens (including phenoxy) is 2. The molecule has 0 unspecified atom stereocenters. The van der Waals surface area contributed by atoms with Crippen LogP contribution in [0, 0.1) is 5.92 Å². The fraction of sp³-hybridized carbons (Fsp3) is 0.421. The Labute approximate surface area is 137 Å². The van der Waals surface area contributed by atoms with Crippen molar-refractivity contribution in [3.8, 4) is 11.6 Å². The zero-order valence-electron chi connectivity index (χ0n) is 13.6. The molecule has 2 aromatic rings. The Morgan fingerprint density at radius 3 is 2.83 bits per heavy atom. The van der Waals surface area contributed by atoms with E-state index in [2.05, 4.69) is 41.5 Å². The van der Waals surface area contributed by atoms with Gasteiger partial charge in [0.05, 0.1) is 6.61 Å². The van der Waals surface area contributed by atoms with E-state index >= 15 is 0 Å². The standard InChI is InChI=1S/C19H24N2O2/c1-2-13-22-19-17(9-6-11-21-19)23-18(16-10-12-20-14-16)15-7-4-3-5-8-15/h3-9,11,16,18,20H,2,10,12-14H2,1H3/t16-,18-/m1/s1. The molecule has 1 N–H and O–H groups in total. The van der Waals surface area contributed by atoms with Crippen LogP contribution >= 0.6 is 0 Å². The average Bonchev–Trinajstić information content (AvgIpc) is 3.13. The minimum Gasteiger partial charge on any atom is -0.480 e. The lowest BCUT2D eigenvalue weighted by Gasteiger charge is -2.25. The second-order valence-corrected chi connectivity index (χ2v) is 5.86. The van der Waals surface area contributed by atoms with E-state index in [1.807, 2.05) is 18.2 Å². The maximum atomic E-state index is 6.39. The lowest BCUT2D eigenvalue weighted by molar-refractivity contribution is 0.135. The monoisotopic (exact) mass is 312 g/mol. The van der Waals surface area contributed by atoms with Gasteiger partial charge in [-0.1, -0.05) is 37.3 Å². The van der Waals surface area contributed by atoms with Crippen LogP contribution in [0.3, 0.4) is 0 Å². The number of pyridine rings is 1. The van der Waals surface area contributed by atoms with E-state index in [9.17, 15) is 0 Å². The van der Waals surface area contributed by atoms with Gasteiger partial charge in [-0.2, -0.15) is 0 Å². The largest absolute Gasteiger partial charge is 0.480 e. The van der Waals surface area contributed by atoms with E-state index in [0.717, 1.165) is 31.7 Å². The van der Waals surface area contributed by atoms with Gasteiger partial charge in [0.1, 0.15) is 6.10 Å². The number of rotatable bonds is 7. The van der Waals surface area contributed by atoms with Crippen molar-refractivity contribution < 1.29 is 9.47 Å². The van der Waals surface area contributed by atoms with Gasteiger partial charge in [-0.05, 0) is 37.1 Å². The van der Waals surface area contributed by atoms with Crippen LogP contribution in [0.2, 0.25) is 0 Å². The van der Waals surface area contributed by atoms with E-state index in [1.54, 1.807) is 6.20 Å². The molecule has 0 bridgehead atoms. The highest BCUT2D eigenvalue weighted by Crippen LogP contribution is 2.35. The first-order chi connectivity index (χ1) is 11.4. The second-order valence-electron chi connectivity index (χ2n) is 5.86. The van der Waals surface area contributed by atoms with Gasteiger partial charge in [0.15, 0.2) is 5.75 Å². The van der Waals surface area contributed by atoms with E-state index < -0.39 is 0 Å². The first-order valence-electron chi connectivity index (χ1n) is 8.38. The lowest BCUT2D eigenvalue weighted by atomic mass is 9.95. The molecule has 0 aliphatic carbocycles. The lowest BCUT2D eigenvalue weighted by Crippen LogP contribution is -2.21. The second kappa shape index (κ2) is 7.97. The van der Waals surface area contributed by atoms with Crippen molar-refractivity contribution in [1.82, 2.24) is 10.3 Å². The summed E-state index contributed by atoms with van der Waals surface area (Å²) in [7, 11) is 0. The van der Waals surface area contributed by atoms with Crippen molar-refractivity contribution >= 4 is 0 Å². The Kier molecular flexibility index (Phi) is 5.48. The van der Waals surface area contributed by atoms with Gasteiger partial charge in [0.25, 0.3) is 5.88 Å². The first-order valence-corrected chi connectivity index (χ1v) is 8.38. The predicted molar refractivity (Wildman–Crippen MR) is 90.8 cm³/mol. The predicted octanol–water partition coefficient (Wildman–Crippen LogP) is 3.60. The van der Waals surface area contributed by atoms with Crippen LogP contribution in [0.25, 0.3) is 0 Å². The highest BCUT2D eigenvalue weighted by molar-refractivity contribution is 5.34. The fourth-order valence-corrected chi connectivity index (χ4v) is 2.92. The van der Waals surface area contributed by atoms with Gasteiger partial charge in [-0.25, -0.2) is 4.98 Å². The van der Waals surface area contributed by atoms with Crippen LogP contribution in [0.4, 0.5) is 0 Å². The first kappa shape index (κ1) is 15.8. The van der Waals surface area contributed by atoms with E-state index in [4.69, 9.17) is 9.47 Å². The van der Waals surface area contributed by atoms with Crippen LogP contribution in [-0.4, -0.2) is 24.7 Å². The van der Waals surface area contributed by atoms with Crippen LogP contribution in [0.5, 0.6) is 11.6 Å². The van der Waals surface area contributed by atoms with Gasteiger partial charge in [-0.15, -0.1) is 0 Å². The van der Waals surface area contributed by atoms with Crippen molar-refractivity contribution in [2.75, 3.05) is 19.7 Å². The normalized spacial score (nSPS) is 18.6. The Morgan fingerprint density at radius 1 is 1.22 bits per heavy atom. The van der Waals surface area contributed by atoms with Crippen LogP contribution in [0.15, 0.2) is 48.7 Å². The average molecular weight is 312 g/mol. The third kappa shape index (κ3) is 4.02. The van der Waals surface area contributed by atoms with E-state index in [-0.39, 0.29) is 6.10 Å². The van der Waals surface area contributed by atoms with Gasteiger partial charge >= 0.3 is 0 Å². The molecule has 1 aliphatic heterocycles. The summed E-state index contributed by atoms with van der Waals surface area (Å²) >= 11 is 0. The zero-order chi connectivity index (χ0) is 15.9. The molecule has 2 heterocycles. The van der Waals surface area contributed by atoms with E-state index in [0.29, 0.717) is 18.4 Å². The molecule has 2 atom stereocenters. The molecule has 0 amide bonds. The molecule has 1 aromatic heterocycles. The van der Waals surface area contributed by atoms with Crippen LogP contribution < -0.4 is 14.8 Å². The third-order valence-corrected chi connectivity index (χ3v) is 4.09. The molecule has 0 saturated carbocycles. The molecule has 1 saturated heterocycles. The molecule has 23 heavy (non-hydrogen) atoms. The summed E-state index contributed by atoms with van der Waals surface area (Å²) in [6.45, 7) is 4.75. The highest BCUT2D eigenvalue weighted by Gasteiger charge is 2.28. The molecule has 1 fully saturated rings. The SMILES string of the molecule is CCCOc1ncccc1O[C@H](c1ccccc1)[C@@H]1CCNC1. The minimum absolute atomic E-state index is 0.0133. The molecule has 3 rings (SSSR count). The number of hydrogen-bond donors (Lipinski definition) is 1. The topological polar surface area (TPSA) is 43.4 Å².